The quantitative estimate of drug-likeness (QED) is 0.555. The molecule has 1 aromatic heterocycles. The molecule has 0 aliphatic heterocycles. The van der Waals surface area contributed by atoms with Crippen LogP contribution in [0.2, 0.25) is 0 Å². The normalized spacial score (nSPS) is 10.3. The molecule has 5 heteroatoms. The van der Waals surface area contributed by atoms with E-state index in [2.05, 4.69) is 4.98 Å². The second-order valence-corrected chi connectivity index (χ2v) is 4.57. The summed E-state index contributed by atoms with van der Waals surface area (Å²) in [6.07, 6.45) is 3.15. The van der Waals surface area contributed by atoms with Crippen molar-refractivity contribution in [3.63, 3.8) is 0 Å². The number of hydrogen-bond acceptors (Lipinski definition) is 5. The first kappa shape index (κ1) is 16.4. The maximum atomic E-state index is 11.1. The SMILES string of the molecule is CCOC(=O)CCCCCOc1ccc(C)nc1CN. The lowest BCUT2D eigenvalue weighted by Gasteiger charge is -2.10. The van der Waals surface area contributed by atoms with Crippen molar-refractivity contribution < 1.29 is 14.3 Å². The van der Waals surface area contributed by atoms with Crippen LogP contribution in [0.15, 0.2) is 12.1 Å². The maximum Gasteiger partial charge on any atom is 0.305 e. The Labute approximate surface area is 120 Å². The lowest BCUT2D eigenvalue weighted by molar-refractivity contribution is -0.143. The van der Waals surface area contributed by atoms with E-state index < -0.39 is 0 Å². The molecule has 0 aliphatic carbocycles. The number of nitrogens with zero attached hydrogens (tertiary/aromatic N) is 1. The van der Waals surface area contributed by atoms with Crippen molar-refractivity contribution >= 4 is 5.97 Å². The van der Waals surface area contributed by atoms with E-state index >= 15 is 0 Å². The molecule has 2 N–H and O–H groups in total. The second kappa shape index (κ2) is 9.31. The van der Waals surface area contributed by atoms with Crippen LogP contribution in [-0.4, -0.2) is 24.2 Å². The number of aryl methyl sites for hydroxylation is 1. The zero-order valence-corrected chi connectivity index (χ0v) is 12.4. The van der Waals surface area contributed by atoms with Gasteiger partial charge in [-0.15, -0.1) is 0 Å². The van der Waals surface area contributed by atoms with Gasteiger partial charge in [-0.2, -0.15) is 0 Å². The van der Waals surface area contributed by atoms with Crippen LogP contribution in [-0.2, 0) is 16.1 Å². The van der Waals surface area contributed by atoms with Crippen LogP contribution in [0, 0.1) is 6.92 Å². The molecule has 1 rings (SSSR count). The highest BCUT2D eigenvalue weighted by Crippen LogP contribution is 2.16. The van der Waals surface area contributed by atoms with E-state index in [4.69, 9.17) is 15.2 Å². The predicted octanol–water partition coefficient (Wildman–Crippen LogP) is 2.35. The van der Waals surface area contributed by atoms with E-state index in [1.165, 1.54) is 0 Å². The van der Waals surface area contributed by atoms with Crippen LogP contribution >= 0.6 is 0 Å². The lowest BCUT2D eigenvalue weighted by atomic mass is 10.2. The van der Waals surface area contributed by atoms with Crippen molar-refractivity contribution in [3.05, 3.63) is 23.5 Å². The summed E-state index contributed by atoms with van der Waals surface area (Å²) in [5.74, 6) is 0.630. The van der Waals surface area contributed by atoms with Crippen molar-refractivity contribution in [3.8, 4) is 5.75 Å². The van der Waals surface area contributed by atoms with Gasteiger partial charge in [0.1, 0.15) is 5.75 Å². The van der Waals surface area contributed by atoms with Crippen LogP contribution in [0.4, 0.5) is 0 Å². The van der Waals surface area contributed by atoms with E-state index in [1.807, 2.05) is 26.0 Å². The molecule has 0 radical (unpaired) electrons. The molecule has 0 bridgehead atoms. The third-order valence-electron chi connectivity index (χ3n) is 2.85. The summed E-state index contributed by atoms with van der Waals surface area (Å²) in [6.45, 7) is 5.18. The monoisotopic (exact) mass is 280 g/mol. The molecule has 0 atom stereocenters. The standard InChI is InChI=1S/C15H24N2O3/c1-3-19-15(18)7-5-4-6-10-20-14-9-8-12(2)17-13(14)11-16/h8-9H,3-7,10-11,16H2,1-2H3. The largest absolute Gasteiger partial charge is 0.492 e. The molecular weight excluding hydrogens is 256 g/mol. The topological polar surface area (TPSA) is 74.4 Å². The number of hydrogen-bond donors (Lipinski definition) is 1. The summed E-state index contributed by atoms with van der Waals surface area (Å²) >= 11 is 0. The number of nitrogens with two attached hydrogens (primary N) is 1. The number of rotatable bonds is 9. The third-order valence-corrected chi connectivity index (χ3v) is 2.85. The van der Waals surface area contributed by atoms with Crippen LogP contribution in [0.25, 0.3) is 0 Å². The highest BCUT2D eigenvalue weighted by atomic mass is 16.5. The molecule has 5 nitrogen and oxygen atoms in total. The highest BCUT2D eigenvalue weighted by Gasteiger charge is 2.04. The zero-order valence-electron chi connectivity index (χ0n) is 12.4. The van der Waals surface area contributed by atoms with Crippen LogP contribution in [0.1, 0.15) is 44.0 Å². The van der Waals surface area contributed by atoms with E-state index in [9.17, 15) is 4.79 Å². The smallest absolute Gasteiger partial charge is 0.305 e. The minimum absolute atomic E-state index is 0.124. The van der Waals surface area contributed by atoms with E-state index in [1.54, 1.807) is 0 Å². The Balaban J connectivity index is 2.20. The number of carbonyl (C=O) groups excluding carboxylic acids is 1. The first-order chi connectivity index (χ1) is 9.67. The lowest BCUT2D eigenvalue weighted by Crippen LogP contribution is -2.07. The summed E-state index contributed by atoms with van der Waals surface area (Å²) in [5.41, 5.74) is 7.37. The van der Waals surface area contributed by atoms with Gasteiger partial charge in [0.25, 0.3) is 0 Å². The fourth-order valence-electron chi connectivity index (χ4n) is 1.84. The Kier molecular flexibility index (Phi) is 7.65. The minimum atomic E-state index is -0.124. The molecule has 1 heterocycles. The van der Waals surface area contributed by atoms with Crippen LogP contribution < -0.4 is 10.5 Å². The Morgan fingerprint density at radius 1 is 1.30 bits per heavy atom. The van der Waals surface area contributed by atoms with E-state index in [0.29, 0.717) is 26.2 Å². The predicted molar refractivity (Wildman–Crippen MR) is 77.5 cm³/mol. The fourth-order valence-corrected chi connectivity index (χ4v) is 1.84. The van der Waals surface area contributed by atoms with Gasteiger partial charge in [-0.25, -0.2) is 0 Å². The Morgan fingerprint density at radius 3 is 2.80 bits per heavy atom. The minimum Gasteiger partial charge on any atom is -0.492 e. The highest BCUT2D eigenvalue weighted by molar-refractivity contribution is 5.69. The van der Waals surface area contributed by atoms with Crippen molar-refractivity contribution in [1.29, 1.82) is 0 Å². The van der Waals surface area contributed by atoms with Gasteiger partial charge in [0, 0.05) is 18.7 Å². The van der Waals surface area contributed by atoms with Gasteiger partial charge in [-0.3, -0.25) is 9.78 Å². The molecular formula is C15H24N2O3. The molecule has 0 aliphatic rings. The first-order valence-corrected chi connectivity index (χ1v) is 7.12. The summed E-state index contributed by atoms with van der Waals surface area (Å²) in [7, 11) is 0. The van der Waals surface area contributed by atoms with Crippen molar-refractivity contribution in [2.45, 2.75) is 46.1 Å². The molecule has 0 fully saturated rings. The van der Waals surface area contributed by atoms with Gasteiger partial charge >= 0.3 is 5.97 Å². The van der Waals surface area contributed by atoms with Gasteiger partial charge in [0.15, 0.2) is 0 Å². The molecule has 0 saturated carbocycles. The number of carbonyl (C=O) groups is 1. The van der Waals surface area contributed by atoms with Gasteiger partial charge in [-0.05, 0) is 45.2 Å². The summed E-state index contributed by atoms with van der Waals surface area (Å²) in [6, 6.07) is 3.82. The molecule has 0 amide bonds. The molecule has 0 aromatic carbocycles. The van der Waals surface area contributed by atoms with Crippen molar-refractivity contribution in [1.82, 2.24) is 4.98 Å². The van der Waals surface area contributed by atoms with Gasteiger partial charge in [0.05, 0.1) is 18.9 Å². The average Bonchev–Trinajstić information content (AvgIpc) is 2.44. The molecule has 0 unspecified atom stereocenters. The van der Waals surface area contributed by atoms with Gasteiger partial charge < -0.3 is 15.2 Å². The number of esters is 1. The fraction of sp³-hybridized carbons (Fsp3) is 0.600. The number of aromatic nitrogens is 1. The number of unbranched alkanes of at least 4 members (excludes halogenated alkanes) is 2. The second-order valence-electron chi connectivity index (χ2n) is 4.57. The van der Waals surface area contributed by atoms with Crippen molar-refractivity contribution in [2.75, 3.05) is 13.2 Å². The van der Waals surface area contributed by atoms with Crippen LogP contribution in [0.5, 0.6) is 5.75 Å². The first-order valence-electron chi connectivity index (χ1n) is 7.12. The van der Waals surface area contributed by atoms with E-state index in [-0.39, 0.29) is 5.97 Å². The average molecular weight is 280 g/mol. The summed E-state index contributed by atoms with van der Waals surface area (Å²) < 4.78 is 10.5. The number of pyridine rings is 1. The molecule has 20 heavy (non-hydrogen) atoms. The third kappa shape index (κ3) is 6.02. The summed E-state index contributed by atoms with van der Waals surface area (Å²) in [4.78, 5) is 15.5. The Hall–Kier alpha value is -1.62. The maximum absolute atomic E-state index is 11.1. The zero-order chi connectivity index (χ0) is 14.8. The molecule has 0 saturated heterocycles. The molecule has 112 valence electrons. The number of ether oxygens (including phenoxy) is 2. The van der Waals surface area contributed by atoms with Crippen molar-refractivity contribution in [2.24, 2.45) is 5.73 Å². The van der Waals surface area contributed by atoms with Gasteiger partial charge in [-0.1, -0.05) is 0 Å². The van der Waals surface area contributed by atoms with E-state index in [0.717, 1.165) is 36.4 Å². The Bertz CT molecular complexity index is 422. The van der Waals surface area contributed by atoms with Gasteiger partial charge in [0.2, 0.25) is 0 Å². The molecule has 1 aromatic rings. The molecule has 0 spiro atoms. The van der Waals surface area contributed by atoms with Crippen LogP contribution in [0.3, 0.4) is 0 Å². The Morgan fingerprint density at radius 2 is 2.10 bits per heavy atom. The summed E-state index contributed by atoms with van der Waals surface area (Å²) in [5, 5.41) is 0.